The number of carbonyl (C=O) groups excluding carboxylic acids is 2. The molecule has 0 saturated heterocycles. The molecule has 2 aromatic rings. The SMILES string of the molecule is N#C[C@H](CCc1ccccc1)NC(=O)[C@H](CC1CC1)OC(=O)NCc1ccccc1. The van der Waals surface area contributed by atoms with Crippen molar-refractivity contribution in [2.75, 3.05) is 0 Å². The molecular formula is C24H27N3O3. The van der Waals surface area contributed by atoms with Crippen molar-refractivity contribution >= 4 is 12.0 Å². The van der Waals surface area contributed by atoms with E-state index in [2.05, 4.69) is 16.7 Å². The Bertz CT molecular complexity index is 860. The number of benzene rings is 2. The fourth-order valence-electron chi connectivity index (χ4n) is 3.20. The Morgan fingerprint density at radius 1 is 1.03 bits per heavy atom. The highest BCUT2D eigenvalue weighted by Gasteiger charge is 2.32. The van der Waals surface area contributed by atoms with Gasteiger partial charge >= 0.3 is 6.09 Å². The van der Waals surface area contributed by atoms with Gasteiger partial charge in [-0.2, -0.15) is 5.26 Å². The second-order valence-electron chi connectivity index (χ2n) is 7.63. The third kappa shape index (κ3) is 7.25. The summed E-state index contributed by atoms with van der Waals surface area (Å²) in [4.78, 5) is 25.0. The quantitative estimate of drug-likeness (QED) is 0.630. The number of rotatable bonds is 10. The number of aryl methyl sites for hydroxylation is 1. The Morgan fingerprint density at radius 3 is 2.27 bits per heavy atom. The zero-order valence-electron chi connectivity index (χ0n) is 16.9. The van der Waals surface area contributed by atoms with E-state index in [1.165, 1.54) is 0 Å². The van der Waals surface area contributed by atoms with Crippen LogP contribution in [-0.4, -0.2) is 24.1 Å². The van der Waals surface area contributed by atoms with Gasteiger partial charge in [-0.25, -0.2) is 4.79 Å². The van der Waals surface area contributed by atoms with Gasteiger partial charge in [-0.3, -0.25) is 4.79 Å². The van der Waals surface area contributed by atoms with Crippen molar-refractivity contribution < 1.29 is 14.3 Å². The van der Waals surface area contributed by atoms with Crippen LogP contribution in [0.5, 0.6) is 0 Å². The van der Waals surface area contributed by atoms with Crippen molar-refractivity contribution in [3.05, 3.63) is 71.8 Å². The van der Waals surface area contributed by atoms with Crippen molar-refractivity contribution in [1.29, 1.82) is 5.26 Å². The Kier molecular flexibility index (Phi) is 7.85. The average Bonchev–Trinajstić information content (AvgIpc) is 3.60. The molecule has 156 valence electrons. The highest BCUT2D eigenvalue weighted by molar-refractivity contribution is 5.84. The third-order valence-corrected chi connectivity index (χ3v) is 5.10. The average molecular weight is 405 g/mol. The van der Waals surface area contributed by atoms with Gasteiger partial charge in [0.1, 0.15) is 6.04 Å². The van der Waals surface area contributed by atoms with Gasteiger partial charge in [-0.1, -0.05) is 73.5 Å². The van der Waals surface area contributed by atoms with E-state index >= 15 is 0 Å². The summed E-state index contributed by atoms with van der Waals surface area (Å²) >= 11 is 0. The van der Waals surface area contributed by atoms with Gasteiger partial charge in [0.25, 0.3) is 5.91 Å². The zero-order valence-corrected chi connectivity index (χ0v) is 16.9. The lowest BCUT2D eigenvalue weighted by molar-refractivity contribution is -0.130. The first-order valence-electron chi connectivity index (χ1n) is 10.4. The maximum Gasteiger partial charge on any atom is 0.408 e. The van der Waals surface area contributed by atoms with E-state index in [-0.39, 0.29) is 0 Å². The van der Waals surface area contributed by atoms with Gasteiger partial charge in [0.15, 0.2) is 6.10 Å². The van der Waals surface area contributed by atoms with E-state index in [1.54, 1.807) is 0 Å². The van der Waals surface area contributed by atoms with E-state index in [9.17, 15) is 14.9 Å². The standard InChI is InChI=1S/C24H27N3O3/c25-16-21(14-13-18-7-3-1-4-8-18)27-23(28)22(15-19-11-12-19)30-24(29)26-17-20-9-5-2-6-10-20/h1-10,19,21-22H,11-15,17H2,(H,26,29)(H,27,28)/t21-,22-/m0/s1. The topological polar surface area (TPSA) is 91.2 Å². The van der Waals surface area contributed by atoms with Crippen molar-refractivity contribution in [3.63, 3.8) is 0 Å². The van der Waals surface area contributed by atoms with E-state index < -0.39 is 24.1 Å². The summed E-state index contributed by atoms with van der Waals surface area (Å²) < 4.78 is 5.42. The van der Waals surface area contributed by atoms with Crippen molar-refractivity contribution in [2.24, 2.45) is 5.92 Å². The minimum atomic E-state index is -0.888. The van der Waals surface area contributed by atoms with Crippen LogP contribution in [0, 0.1) is 17.2 Å². The maximum absolute atomic E-state index is 12.7. The molecule has 0 heterocycles. The molecule has 0 unspecified atom stereocenters. The fraction of sp³-hybridized carbons (Fsp3) is 0.375. The van der Waals surface area contributed by atoms with Gasteiger partial charge in [-0.05, 0) is 36.3 Å². The summed E-state index contributed by atoms with van der Waals surface area (Å²) in [6.45, 7) is 0.329. The van der Waals surface area contributed by atoms with Crippen LogP contribution in [0.4, 0.5) is 4.79 Å². The number of carbonyl (C=O) groups is 2. The Morgan fingerprint density at radius 2 is 1.67 bits per heavy atom. The van der Waals surface area contributed by atoms with Crippen LogP contribution < -0.4 is 10.6 Å². The van der Waals surface area contributed by atoms with E-state index in [4.69, 9.17) is 4.74 Å². The molecule has 1 fully saturated rings. The van der Waals surface area contributed by atoms with Gasteiger partial charge in [0.05, 0.1) is 6.07 Å². The number of ether oxygens (including phenoxy) is 1. The Labute approximate surface area is 177 Å². The minimum absolute atomic E-state index is 0.329. The van der Waals surface area contributed by atoms with Crippen LogP contribution in [0.15, 0.2) is 60.7 Å². The molecule has 0 aromatic heterocycles. The number of hydrogen-bond acceptors (Lipinski definition) is 4. The van der Waals surface area contributed by atoms with E-state index in [0.29, 0.717) is 31.7 Å². The van der Waals surface area contributed by atoms with Crippen molar-refractivity contribution in [3.8, 4) is 6.07 Å². The van der Waals surface area contributed by atoms with Crippen LogP contribution in [0.3, 0.4) is 0 Å². The van der Waals surface area contributed by atoms with E-state index in [0.717, 1.165) is 24.0 Å². The molecule has 1 saturated carbocycles. The number of nitrogens with zero attached hydrogens (tertiary/aromatic N) is 1. The van der Waals surface area contributed by atoms with Gasteiger partial charge in [0, 0.05) is 6.54 Å². The largest absolute Gasteiger partial charge is 0.436 e. The second kappa shape index (κ2) is 11.0. The molecule has 2 aromatic carbocycles. The number of amides is 2. The molecule has 2 N–H and O–H groups in total. The molecule has 3 rings (SSSR count). The summed E-state index contributed by atoms with van der Waals surface area (Å²) in [6.07, 6.45) is 2.23. The monoisotopic (exact) mass is 405 g/mol. The smallest absolute Gasteiger partial charge is 0.408 e. The second-order valence-corrected chi connectivity index (χ2v) is 7.63. The highest BCUT2D eigenvalue weighted by Crippen LogP contribution is 2.34. The molecule has 30 heavy (non-hydrogen) atoms. The predicted molar refractivity (Wildman–Crippen MR) is 113 cm³/mol. The first-order valence-corrected chi connectivity index (χ1v) is 10.4. The van der Waals surface area contributed by atoms with Gasteiger partial charge in [0.2, 0.25) is 0 Å². The molecule has 1 aliphatic carbocycles. The molecule has 0 aliphatic heterocycles. The van der Waals surface area contributed by atoms with Crippen LogP contribution in [-0.2, 0) is 22.5 Å². The Hall–Kier alpha value is -3.33. The molecule has 2 atom stereocenters. The normalized spacial score (nSPS) is 14.8. The highest BCUT2D eigenvalue weighted by atomic mass is 16.6. The molecule has 6 nitrogen and oxygen atoms in total. The summed E-state index contributed by atoms with van der Waals surface area (Å²) in [6, 6.07) is 20.8. The number of hydrogen-bond donors (Lipinski definition) is 2. The number of nitriles is 1. The summed E-state index contributed by atoms with van der Waals surface area (Å²) in [5.41, 5.74) is 2.06. The molecular weight excluding hydrogens is 378 g/mol. The first-order chi connectivity index (χ1) is 14.6. The summed E-state index contributed by atoms with van der Waals surface area (Å²) in [5.74, 6) is -0.0103. The van der Waals surface area contributed by atoms with Crippen LogP contribution in [0.25, 0.3) is 0 Å². The third-order valence-electron chi connectivity index (χ3n) is 5.10. The van der Waals surface area contributed by atoms with Gasteiger partial charge in [-0.15, -0.1) is 0 Å². The molecule has 0 bridgehead atoms. The lowest BCUT2D eigenvalue weighted by Crippen LogP contribution is -2.44. The van der Waals surface area contributed by atoms with Crippen molar-refractivity contribution in [2.45, 2.75) is 50.8 Å². The maximum atomic E-state index is 12.7. The summed E-state index contributed by atoms with van der Waals surface area (Å²) in [5, 5.41) is 14.9. The molecule has 2 amide bonds. The molecule has 1 aliphatic rings. The lowest BCUT2D eigenvalue weighted by atomic mass is 10.1. The summed E-state index contributed by atoms with van der Waals surface area (Å²) in [7, 11) is 0. The van der Waals surface area contributed by atoms with Crippen LogP contribution in [0.2, 0.25) is 0 Å². The number of alkyl carbamates (subject to hydrolysis) is 1. The molecule has 6 heteroatoms. The lowest BCUT2D eigenvalue weighted by Gasteiger charge is -2.20. The fourth-order valence-corrected chi connectivity index (χ4v) is 3.20. The Balaban J connectivity index is 1.50. The first kappa shape index (κ1) is 21.4. The van der Waals surface area contributed by atoms with Gasteiger partial charge < -0.3 is 15.4 Å². The van der Waals surface area contributed by atoms with E-state index in [1.807, 2.05) is 60.7 Å². The number of nitrogens with one attached hydrogen (secondary N) is 2. The van der Waals surface area contributed by atoms with Crippen LogP contribution >= 0.6 is 0 Å². The molecule has 0 radical (unpaired) electrons. The molecule has 0 spiro atoms. The minimum Gasteiger partial charge on any atom is -0.436 e. The van der Waals surface area contributed by atoms with Crippen LogP contribution in [0.1, 0.15) is 36.8 Å². The van der Waals surface area contributed by atoms with Crippen molar-refractivity contribution in [1.82, 2.24) is 10.6 Å². The predicted octanol–water partition coefficient (Wildman–Crippen LogP) is 3.72. The zero-order chi connectivity index (χ0) is 21.2.